The van der Waals surface area contributed by atoms with E-state index in [1.165, 1.54) is 0 Å². The summed E-state index contributed by atoms with van der Waals surface area (Å²) in [4.78, 5) is 0. The summed E-state index contributed by atoms with van der Waals surface area (Å²) < 4.78 is 11.6. The summed E-state index contributed by atoms with van der Waals surface area (Å²) in [6.45, 7) is 7.81. The standard InChI is InChI=1S/C16H26N2O3/c1-11(2)17-8-13(19)9-18-12(3)16-10-20-14-6-4-5-7-15(14)21-16/h4-7,11-13,16-19H,8-10H2,1-3H3. The zero-order valence-electron chi connectivity index (χ0n) is 13.0. The smallest absolute Gasteiger partial charge is 0.161 e. The molecule has 5 nitrogen and oxygen atoms in total. The van der Waals surface area contributed by atoms with E-state index in [2.05, 4.69) is 24.5 Å². The van der Waals surface area contributed by atoms with E-state index >= 15 is 0 Å². The van der Waals surface area contributed by atoms with Crippen molar-refractivity contribution in [3.8, 4) is 11.5 Å². The molecule has 2 rings (SSSR count). The SMILES string of the molecule is CC(C)NCC(O)CNC(C)C1COc2ccccc2O1. The molecule has 0 radical (unpaired) electrons. The predicted octanol–water partition coefficient (Wildman–Crippen LogP) is 1.16. The van der Waals surface area contributed by atoms with E-state index in [0.29, 0.717) is 25.7 Å². The minimum Gasteiger partial charge on any atom is -0.486 e. The van der Waals surface area contributed by atoms with Crippen LogP contribution in [0.2, 0.25) is 0 Å². The van der Waals surface area contributed by atoms with Gasteiger partial charge in [0.2, 0.25) is 0 Å². The fourth-order valence-electron chi connectivity index (χ4n) is 2.18. The molecule has 0 saturated carbocycles. The van der Waals surface area contributed by atoms with Gasteiger partial charge in [0.05, 0.1) is 6.10 Å². The van der Waals surface area contributed by atoms with Crippen LogP contribution in [0.15, 0.2) is 24.3 Å². The predicted molar refractivity (Wildman–Crippen MR) is 83.0 cm³/mol. The van der Waals surface area contributed by atoms with Gasteiger partial charge in [0.1, 0.15) is 12.7 Å². The summed E-state index contributed by atoms with van der Waals surface area (Å²) in [5.74, 6) is 1.58. The minimum absolute atomic E-state index is 0.0508. The van der Waals surface area contributed by atoms with Crippen LogP contribution in [-0.2, 0) is 0 Å². The van der Waals surface area contributed by atoms with E-state index in [1.54, 1.807) is 0 Å². The number of nitrogens with one attached hydrogen (secondary N) is 2. The van der Waals surface area contributed by atoms with Crippen LogP contribution >= 0.6 is 0 Å². The van der Waals surface area contributed by atoms with Gasteiger partial charge >= 0.3 is 0 Å². The van der Waals surface area contributed by atoms with Crippen LogP contribution < -0.4 is 20.1 Å². The van der Waals surface area contributed by atoms with Crippen LogP contribution in [0.1, 0.15) is 20.8 Å². The third kappa shape index (κ3) is 4.88. The molecule has 0 aliphatic carbocycles. The van der Waals surface area contributed by atoms with E-state index in [1.807, 2.05) is 31.2 Å². The maximum Gasteiger partial charge on any atom is 0.161 e. The number of rotatable bonds is 7. The van der Waals surface area contributed by atoms with Crippen LogP contribution in [0, 0.1) is 0 Å². The van der Waals surface area contributed by atoms with Gasteiger partial charge in [-0.05, 0) is 19.1 Å². The van der Waals surface area contributed by atoms with Crippen molar-refractivity contribution < 1.29 is 14.6 Å². The topological polar surface area (TPSA) is 62.8 Å². The highest BCUT2D eigenvalue weighted by Gasteiger charge is 2.26. The molecule has 1 aromatic carbocycles. The van der Waals surface area contributed by atoms with Crippen molar-refractivity contribution in [3.63, 3.8) is 0 Å². The van der Waals surface area contributed by atoms with Crippen molar-refractivity contribution in [1.29, 1.82) is 0 Å². The van der Waals surface area contributed by atoms with Crippen molar-refractivity contribution in [3.05, 3.63) is 24.3 Å². The number of benzene rings is 1. The molecular weight excluding hydrogens is 268 g/mol. The lowest BCUT2D eigenvalue weighted by Gasteiger charge is -2.31. The molecule has 0 aromatic heterocycles. The van der Waals surface area contributed by atoms with Gasteiger partial charge in [-0.3, -0.25) is 0 Å². The van der Waals surface area contributed by atoms with Gasteiger partial charge in [-0.25, -0.2) is 0 Å². The molecular formula is C16H26N2O3. The van der Waals surface area contributed by atoms with Gasteiger partial charge in [0, 0.05) is 25.2 Å². The molecule has 0 saturated heterocycles. The molecule has 0 amide bonds. The maximum atomic E-state index is 9.91. The fourth-order valence-corrected chi connectivity index (χ4v) is 2.18. The minimum atomic E-state index is -0.411. The lowest BCUT2D eigenvalue weighted by molar-refractivity contribution is 0.0612. The molecule has 118 valence electrons. The Morgan fingerprint density at radius 1 is 1.14 bits per heavy atom. The Bertz CT molecular complexity index is 439. The van der Waals surface area contributed by atoms with Gasteiger partial charge in [0.15, 0.2) is 11.5 Å². The van der Waals surface area contributed by atoms with E-state index in [9.17, 15) is 5.11 Å². The van der Waals surface area contributed by atoms with Gasteiger partial charge in [-0.15, -0.1) is 0 Å². The molecule has 0 bridgehead atoms. The maximum absolute atomic E-state index is 9.91. The number of aliphatic hydroxyl groups excluding tert-OH is 1. The zero-order valence-corrected chi connectivity index (χ0v) is 13.0. The normalized spacial score (nSPS) is 20.3. The van der Waals surface area contributed by atoms with Crippen LogP contribution in [0.3, 0.4) is 0 Å². The first-order valence-corrected chi connectivity index (χ1v) is 7.59. The highest BCUT2D eigenvalue weighted by Crippen LogP contribution is 2.31. The molecule has 1 aromatic rings. The molecule has 3 unspecified atom stereocenters. The van der Waals surface area contributed by atoms with Crippen molar-refractivity contribution >= 4 is 0 Å². The van der Waals surface area contributed by atoms with Crippen LogP contribution in [0.25, 0.3) is 0 Å². The molecule has 0 fully saturated rings. The van der Waals surface area contributed by atoms with Crippen LogP contribution in [0.4, 0.5) is 0 Å². The molecule has 21 heavy (non-hydrogen) atoms. The van der Waals surface area contributed by atoms with E-state index in [0.717, 1.165) is 11.5 Å². The molecule has 0 spiro atoms. The fraction of sp³-hybridized carbons (Fsp3) is 0.625. The molecule has 3 atom stereocenters. The van der Waals surface area contributed by atoms with Gasteiger partial charge in [-0.1, -0.05) is 26.0 Å². The van der Waals surface area contributed by atoms with Crippen LogP contribution in [0.5, 0.6) is 11.5 Å². The van der Waals surface area contributed by atoms with Gasteiger partial charge in [-0.2, -0.15) is 0 Å². The molecule has 1 aliphatic heterocycles. The number of para-hydroxylation sites is 2. The highest BCUT2D eigenvalue weighted by molar-refractivity contribution is 5.40. The first-order valence-electron chi connectivity index (χ1n) is 7.59. The second kappa shape index (κ2) is 7.64. The van der Waals surface area contributed by atoms with E-state index in [-0.39, 0.29) is 12.1 Å². The molecule has 1 heterocycles. The Labute approximate surface area is 126 Å². The third-order valence-corrected chi connectivity index (χ3v) is 3.53. The number of aliphatic hydroxyl groups is 1. The molecule has 5 heteroatoms. The second-order valence-corrected chi connectivity index (χ2v) is 5.83. The number of hydrogen-bond donors (Lipinski definition) is 3. The molecule has 1 aliphatic rings. The Kier molecular flexibility index (Phi) is 5.85. The average molecular weight is 294 g/mol. The third-order valence-electron chi connectivity index (χ3n) is 3.53. The van der Waals surface area contributed by atoms with Crippen molar-refractivity contribution in [2.24, 2.45) is 0 Å². The summed E-state index contributed by atoms with van der Waals surface area (Å²) in [6.07, 6.45) is -0.461. The zero-order chi connectivity index (χ0) is 15.2. The number of fused-ring (bicyclic) bond motifs is 1. The number of ether oxygens (including phenoxy) is 2. The Morgan fingerprint density at radius 2 is 1.81 bits per heavy atom. The first-order chi connectivity index (χ1) is 10.1. The Balaban J connectivity index is 1.76. The highest BCUT2D eigenvalue weighted by atomic mass is 16.6. The monoisotopic (exact) mass is 294 g/mol. The average Bonchev–Trinajstić information content (AvgIpc) is 2.50. The van der Waals surface area contributed by atoms with E-state index in [4.69, 9.17) is 9.47 Å². The number of hydrogen-bond acceptors (Lipinski definition) is 5. The molecule has 3 N–H and O–H groups in total. The first kappa shape index (κ1) is 16.1. The lowest BCUT2D eigenvalue weighted by atomic mass is 10.1. The van der Waals surface area contributed by atoms with Crippen molar-refractivity contribution in [1.82, 2.24) is 10.6 Å². The van der Waals surface area contributed by atoms with E-state index < -0.39 is 6.10 Å². The summed E-state index contributed by atoms with van der Waals surface area (Å²) in [5, 5.41) is 16.4. The van der Waals surface area contributed by atoms with Gasteiger partial charge < -0.3 is 25.2 Å². The summed E-state index contributed by atoms with van der Waals surface area (Å²) in [6, 6.07) is 8.17. The quantitative estimate of drug-likeness (QED) is 0.704. The Morgan fingerprint density at radius 3 is 2.52 bits per heavy atom. The lowest BCUT2D eigenvalue weighted by Crippen LogP contribution is -2.49. The summed E-state index contributed by atoms with van der Waals surface area (Å²) in [5.41, 5.74) is 0. The Hall–Kier alpha value is -1.30. The second-order valence-electron chi connectivity index (χ2n) is 5.83. The van der Waals surface area contributed by atoms with Crippen molar-refractivity contribution in [2.45, 2.75) is 45.1 Å². The van der Waals surface area contributed by atoms with Crippen molar-refractivity contribution in [2.75, 3.05) is 19.7 Å². The summed E-state index contributed by atoms with van der Waals surface area (Å²) >= 11 is 0. The summed E-state index contributed by atoms with van der Waals surface area (Å²) in [7, 11) is 0. The van der Waals surface area contributed by atoms with Crippen LogP contribution in [-0.4, -0.2) is 49.1 Å². The largest absolute Gasteiger partial charge is 0.486 e. The van der Waals surface area contributed by atoms with Gasteiger partial charge in [0.25, 0.3) is 0 Å².